The van der Waals surface area contributed by atoms with E-state index >= 15 is 0 Å². The van der Waals surface area contributed by atoms with E-state index in [4.69, 9.17) is 4.74 Å². The summed E-state index contributed by atoms with van der Waals surface area (Å²) in [7, 11) is 0. The molecule has 2 unspecified atom stereocenters. The van der Waals surface area contributed by atoms with Gasteiger partial charge in [-0.3, -0.25) is 4.79 Å². The molecule has 0 aromatic heterocycles. The van der Waals surface area contributed by atoms with Crippen LogP contribution >= 0.6 is 0 Å². The Balaban J connectivity index is 1.99. The lowest BCUT2D eigenvalue weighted by atomic mass is 10.0. The predicted octanol–water partition coefficient (Wildman–Crippen LogP) is 1.91. The van der Waals surface area contributed by atoms with Crippen LogP contribution in [0.1, 0.15) is 24.5 Å². The highest BCUT2D eigenvalue weighted by Gasteiger charge is 2.33. The number of benzene rings is 1. The van der Waals surface area contributed by atoms with E-state index < -0.39 is 0 Å². The molecule has 1 aromatic rings. The average Bonchev–Trinajstić information content (AvgIpc) is 2.79. The maximum absolute atomic E-state index is 12.2. The van der Waals surface area contributed by atoms with Gasteiger partial charge in [0.05, 0.1) is 12.6 Å². The van der Waals surface area contributed by atoms with E-state index in [1.165, 1.54) is 0 Å². The van der Waals surface area contributed by atoms with Crippen LogP contribution in [-0.2, 0) is 4.79 Å². The molecule has 1 aromatic carbocycles. The third kappa shape index (κ3) is 2.96. The predicted molar refractivity (Wildman–Crippen MR) is 77.8 cm³/mol. The second-order valence-electron chi connectivity index (χ2n) is 5.61. The van der Waals surface area contributed by atoms with Crippen molar-refractivity contribution in [2.75, 3.05) is 19.8 Å². The van der Waals surface area contributed by atoms with Gasteiger partial charge >= 0.3 is 0 Å². The fraction of sp³-hybridized carbons (Fsp3) is 0.562. The molecule has 1 heterocycles. The lowest BCUT2D eigenvalue weighted by molar-refractivity contribution is -0.135. The highest BCUT2D eigenvalue weighted by Crippen LogP contribution is 2.25. The van der Waals surface area contributed by atoms with E-state index in [1.807, 2.05) is 32.0 Å². The molecule has 4 nitrogen and oxygen atoms in total. The molecule has 0 saturated carbocycles. The van der Waals surface area contributed by atoms with Gasteiger partial charge in [-0.15, -0.1) is 0 Å². The summed E-state index contributed by atoms with van der Waals surface area (Å²) in [6.45, 7) is 6.79. The lowest BCUT2D eigenvalue weighted by Gasteiger charge is -2.25. The summed E-state index contributed by atoms with van der Waals surface area (Å²) in [6.07, 6.45) is 0.945. The van der Waals surface area contributed by atoms with Crippen LogP contribution in [0.2, 0.25) is 0 Å². The molecule has 1 saturated heterocycles. The zero-order valence-electron chi connectivity index (χ0n) is 12.4. The maximum atomic E-state index is 12.2. The summed E-state index contributed by atoms with van der Waals surface area (Å²) in [5.74, 6) is 1.09. The van der Waals surface area contributed by atoms with E-state index in [-0.39, 0.29) is 25.2 Å². The Morgan fingerprint density at radius 1 is 1.40 bits per heavy atom. The molecule has 0 aliphatic carbocycles. The van der Waals surface area contributed by atoms with Gasteiger partial charge in [0.15, 0.2) is 6.61 Å². The molecule has 1 fully saturated rings. The topological polar surface area (TPSA) is 49.8 Å². The maximum Gasteiger partial charge on any atom is 0.260 e. The summed E-state index contributed by atoms with van der Waals surface area (Å²) >= 11 is 0. The van der Waals surface area contributed by atoms with Crippen molar-refractivity contribution < 1.29 is 14.6 Å². The molecular weight excluding hydrogens is 254 g/mol. The number of para-hydroxylation sites is 1. The van der Waals surface area contributed by atoms with Gasteiger partial charge in [0.1, 0.15) is 5.75 Å². The molecule has 1 N–H and O–H groups in total. The Bertz CT molecular complexity index is 466. The molecule has 1 amide bonds. The van der Waals surface area contributed by atoms with Gasteiger partial charge in [0, 0.05) is 6.54 Å². The van der Waals surface area contributed by atoms with Crippen LogP contribution in [0, 0.1) is 19.8 Å². The van der Waals surface area contributed by atoms with E-state index in [0.29, 0.717) is 12.5 Å². The van der Waals surface area contributed by atoms with Crippen LogP contribution in [-0.4, -0.2) is 41.7 Å². The van der Waals surface area contributed by atoms with Gasteiger partial charge in [-0.1, -0.05) is 25.1 Å². The highest BCUT2D eigenvalue weighted by atomic mass is 16.5. The number of aliphatic hydroxyl groups excluding tert-OH is 1. The average molecular weight is 277 g/mol. The number of amides is 1. The zero-order valence-corrected chi connectivity index (χ0v) is 12.4. The van der Waals surface area contributed by atoms with Crippen molar-refractivity contribution in [3.8, 4) is 5.75 Å². The number of nitrogens with zero attached hydrogens (tertiary/aromatic N) is 1. The molecule has 0 bridgehead atoms. The van der Waals surface area contributed by atoms with E-state index in [1.54, 1.807) is 4.90 Å². The molecule has 0 spiro atoms. The van der Waals surface area contributed by atoms with E-state index in [0.717, 1.165) is 23.3 Å². The monoisotopic (exact) mass is 277 g/mol. The fourth-order valence-electron chi connectivity index (χ4n) is 2.84. The number of carbonyl (C=O) groups excluding carboxylic acids is 1. The zero-order chi connectivity index (χ0) is 14.7. The first-order valence-electron chi connectivity index (χ1n) is 7.14. The molecule has 2 rings (SSSR count). The number of aryl methyl sites for hydroxylation is 2. The van der Waals surface area contributed by atoms with Crippen LogP contribution in [0.3, 0.4) is 0 Å². The van der Waals surface area contributed by atoms with Gasteiger partial charge in [0.25, 0.3) is 5.91 Å². The van der Waals surface area contributed by atoms with Gasteiger partial charge in [-0.05, 0) is 37.3 Å². The molecule has 1 aliphatic heterocycles. The second kappa shape index (κ2) is 6.27. The normalized spacial score (nSPS) is 22.1. The smallest absolute Gasteiger partial charge is 0.260 e. The number of ether oxygens (including phenoxy) is 1. The Labute approximate surface area is 120 Å². The standard InChI is InChI=1S/C16H23NO3/c1-11-7-8-17(14(11)9-18)15(19)10-20-16-12(2)5-4-6-13(16)3/h4-6,11,14,18H,7-10H2,1-3H3. The number of aliphatic hydroxyl groups is 1. The van der Waals surface area contributed by atoms with Crippen molar-refractivity contribution in [1.29, 1.82) is 0 Å². The second-order valence-corrected chi connectivity index (χ2v) is 5.61. The summed E-state index contributed by atoms with van der Waals surface area (Å²) in [4.78, 5) is 14.0. The SMILES string of the molecule is Cc1cccc(C)c1OCC(=O)N1CCC(C)C1CO. The summed E-state index contributed by atoms with van der Waals surface area (Å²) in [5.41, 5.74) is 2.07. The minimum atomic E-state index is -0.0657. The number of carbonyl (C=O) groups is 1. The Hall–Kier alpha value is -1.55. The van der Waals surface area contributed by atoms with Crippen molar-refractivity contribution in [3.63, 3.8) is 0 Å². The first-order chi connectivity index (χ1) is 9.54. The lowest BCUT2D eigenvalue weighted by Crippen LogP contribution is -2.42. The van der Waals surface area contributed by atoms with Crippen LogP contribution in [0.25, 0.3) is 0 Å². The molecule has 110 valence electrons. The summed E-state index contributed by atoms with van der Waals surface area (Å²) in [5, 5.41) is 9.39. The third-order valence-electron chi connectivity index (χ3n) is 4.14. The minimum absolute atomic E-state index is 0.0241. The minimum Gasteiger partial charge on any atom is -0.483 e. The number of hydrogen-bond donors (Lipinski definition) is 1. The van der Waals surface area contributed by atoms with Gasteiger partial charge < -0.3 is 14.7 Å². The molecular formula is C16H23NO3. The summed E-state index contributed by atoms with van der Waals surface area (Å²) < 4.78 is 5.70. The summed E-state index contributed by atoms with van der Waals surface area (Å²) in [6, 6.07) is 5.86. The van der Waals surface area contributed by atoms with Crippen molar-refractivity contribution in [2.45, 2.75) is 33.2 Å². The first-order valence-corrected chi connectivity index (χ1v) is 7.14. The van der Waals surface area contributed by atoms with Crippen molar-refractivity contribution in [3.05, 3.63) is 29.3 Å². The first kappa shape index (κ1) is 14.9. The molecule has 20 heavy (non-hydrogen) atoms. The van der Waals surface area contributed by atoms with Crippen LogP contribution < -0.4 is 4.74 Å². The van der Waals surface area contributed by atoms with Crippen LogP contribution in [0.15, 0.2) is 18.2 Å². The Morgan fingerprint density at radius 2 is 2.05 bits per heavy atom. The molecule has 4 heteroatoms. The Morgan fingerprint density at radius 3 is 2.65 bits per heavy atom. The van der Waals surface area contributed by atoms with Gasteiger partial charge in [-0.25, -0.2) is 0 Å². The van der Waals surface area contributed by atoms with Crippen molar-refractivity contribution in [1.82, 2.24) is 4.90 Å². The van der Waals surface area contributed by atoms with Crippen LogP contribution in [0.4, 0.5) is 0 Å². The largest absolute Gasteiger partial charge is 0.483 e. The molecule has 2 atom stereocenters. The fourth-order valence-corrected chi connectivity index (χ4v) is 2.84. The van der Waals surface area contributed by atoms with Crippen molar-refractivity contribution in [2.24, 2.45) is 5.92 Å². The molecule has 0 radical (unpaired) electrons. The Kier molecular flexibility index (Phi) is 4.65. The number of likely N-dealkylation sites (tertiary alicyclic amines) is 1. The quantitative estimate of drug-likeness (QED) is 0.914. The van der Waals surface area contributed by atoms with Crippen LogP contribution in [0.5, 0.6) is 5.75 Å². The van der Waals surface area contributed by atoms with Crippen molar-refractivity contribution >= 4 is 5.91 Å². The third-order valence-corrected chi connectivity index (χ3v) is 4.14. The highest BCUT2D eigenvalue weighted by molar-refractivity contribution is 5.78. The van der Waals surface area contributed by atoms with E-state index in [9.17, 15) is 9.90 Å². The number of rotatable bonds is 4. The van der Waals surface area contributed by atoms with E-state index in [2.05, 4.69) is 6.92 Å². The number of hydrogen-bond acceptors (Lipinski definition) is 3. The molecule has 1 aliphatic rings. The van der Waals surface area contributed by atoms with Gasteiger partial charge in [0.2, 0.25) is 0 Å². The van der Waals surface area contributed by atoms with Gasteiger partial charge in [-0.2, -0.15) is 0 Å².